The number of halogens is 2. The lowest BCUT2D eigenvalue weighted by molar-refractivity contribution is 0.121. The van der Waals surface area contributed by atoms with Crippen LogP contribution in [0.3, 0.4) is 0 Å². The minimum absolute atomic E-state index is 0.475. The number of methoxy groups -OCH3 is 1. The van der Waals surface area contributed by atoms with Gasteiger partial charge in [-0.1, -0.05) is 59.6 Å². The van der Waals surface area contributed by atoms with Crippen LogP contribution in [-0.2, 0) is 4.74 Å². The van der Waals surface area contributed by atoms with Gasteiger partial charge in [-0.25, -0.2) is 4.79 Å². The molecule has 4 nitrogen and oxygen atoms in total. The normalized spacial score (nSPS) is 13.9. The van der Waals surface area contributed by atoms with Crippen LogP contribution in [0.1, 0.15) is 42.9 Å². The third-order valence-electron chi connectivity index (χ3n) is 6.04. The smallest absolute Gasteiger partial charge is 0.412 e. The maximum absolute atomic E-state index is 12.6. The molecule has 1 saturated carbocycles. The van der Waals surface area contributed by atoms with Crippen molar-refractivity contribution in [1.29, 1.82) is 0 Å². The molecule has 1 N–H and O–H groups in total. The number of carbonyl (C=O) groups excluding carboxylic acids is 1. The highest BCUT2D eigenvalue weighted by molar-refractivity contribution is 7.20. The van der Waals surface area contributed by atoms with Gasteiger partial charge in [0.05, 0.1) is 27.0 Å². The van der Waals surface area contributed by atoms with Crippen molar-refractivity contribution < 1.29 is 14.3 Å². The molecule has 5 rings (SSSR count). The van der Waals surface area contributed by atoms with Crippen LogP contribution in [0, 0.1) is 0 Å². The fourth-order valence-corrected chi connectivity index (χ4v) is 6.43. The fourth-order valence-electron chi connectivity index (χ4n) is 4.04. The number of hydrogen-bond donors (Lipinski definition) is 1. The summed E-state index contributed by atoms with van der Waals surface area (Å²) in [4.78, 5) is 13.4. The standard InChI is InChI=1S/C27H23Cl2NO3S2/c1-15(21-13-34-14-22(21)28)33-27(31)30-23-12-25(29)35-26(23)19-9-10-20(24(11-19)32-2)18-7-5-17(6-8-18)16-3-4-16/h5-16H,3-4H2,1-2H3,(H,30,31). The maximum atomic E-state index is 12.6. The van der Waals surface area contributed by atoms with Crippen LogP contribution in [-0.4, -0.2) is 13.2 Å². The Hall–Kier alpha value is -2.51. The van der Waals surface area contributed by atoms with E-state index in [1.165, 1.54) is 41.1 Å². The first-order chi connectivity index (χ1) is 16.9. The molecule has 35 heavy (non-hydrogen) atoms. The molecule has 1 fully saturated rings. The number of ether oxygens (including phenoxy) is 2. The van der Waals surface area contributed by atoms with Crippen molar-refractivity contribution in [1.82, 2.24) is 0 Å². The van der Waals surface area contributed by atoms with Crippen molar-refractivity contribution in [3.8, 4) is 27.3 Å². The Morgan fingerprint density at radius 2 is 1.80 bits per heavy atom. The predicted molar refractivity (Wildman–Crippen MR) is 147 cm³/mol. The number of carbonyl (C=O) groups is 1. The Labute approximate surface area is 222 Å². The van der Waals surface area contributed by atoms with Crippen molar-refractivity contribution in [2.75, 3.05) is 12.4 Å². The maximum Gasteiger partial charge on any atom is 0.412 e. The van der Waals surface area contributed by atoms with Gasteiger partial charge in [0.1, 0.15) is 11.9 Å². The molecular formula is C27H23Cl2NO3S2. The van der Waals surface area contributed by atoms with Crippen molar-refractivity contribution in [3.63, 3.8) is 0 Å². The van der Waals surface area contributed by atoms with Crippen LogP contribution in [0.4, 0.5) is 10.5 Å². The van der Waals surface area contributed by atoms with Crippen LogP contribution >= 0.6 is 45.9 Å². The molecule has 0 radical (unpaired) electrons. The molecule has 0 aliphatic heterocycles. The second-order valence-electron chi connectivity index (χ2n) is 8.45. The largest absolute Gasteiger partial charge is 0.496 e. The van der Waals surface area contributed by atoms with Gasteiger partial charge in [0.15, 0.2) is 0 Å². The molecule has 1 aliphatic rings. The van der Waals surface area contributed by atoms with Crippen LogP contribution in [0.25, 0.3) is 21.6 Å². The van der Waals surface area contributed by atoms with E-state index in [0.29, 0.717) is 15.0 Å². The molecular weight excluding hydrogens is 521 g/mol. The predicted octanol–water partition coefficient (Wildman–Crippen LogP) is 9.65. The van der Waals surface area contributed by atoms with Crippen LogP contribution in [0.15, 0.2) is 59.3 Å². The average Bonchev–Trinajstić information content (AvgIpc) is 3.51. The van der Waals surface area contributed by atoms with Crippen molar-refractivity contribution in [3.05, 3.63) is 79.8 Å². The first kappa shape index (κ1) is 24.2. The monoisotopic (exact) mass is 543 g/mol. The first-order valence-electron chi connectivity index (χ1n) is 11.2. The van der Waals surface area contributed by atoms with Gasteiger partial charge in [0.2, 0.25) is 0 Å². The van der Waals surface area contributed by atoms with E-state index in [1.807, 2.05) is 29.0 Å². The number of anilines is 1. The number of benzene rings is 2. The molecule has 2 heterocycles. The number of nitrogens with one attached hydrogen (secondary N) is 1. The Morgan fingerprint density at radius 3 is 2.46 bits per heavy atom. The summed E-state index contributed by atoms with van der Waals surface area (Å²) < 4.78 is 11.8. The van der Waals surface area contributed by atoms with Crippen LogP contribution in [0.2, 0.25) is 9.36 Å². The summed E-state index contributed by atoms with van der Waals surface area (Å²) in [6.07, 6.45) is 1.52. The van der Waals surface area contributed by atoms with E-state index in [9.17, 15) is 4.79 Å². The minimum Gasteiger partial charge on any atom is -0.496 e. The summed E-state index contributed by atoms with van der Waals surface area (Å²) in [5.74, 6) is 1.47. The van der Waals surface area contributed by atoms with Crippen LogP contribution in [0.5, 0.6) is 5.75 Å². The lowest BCUT2D eigenvalue weighted by Gasteiger charge is -2.14. The Morgan fingerprint density at radius 1 is 1.06 bits per heavy atom. The van der Waals surface area contributed by atoms with Gasteiger partial charge in [-0.05, 0) is 59.9 Å². The number of thiophene rings is 2. The third kappa shape index (κ3) is 5.36. The van der Waals surface area contributed by atoms with E-state index in [4.69, 9.17) is 32.7 Å². The summed E-state index contributed by atoms with van der Waals surface area (Å²) in [5, 5.41) is 7.10. The Kier molecular flexibility index (Phi) is 7.07. The molecule has 2 aromatic heterocycles. The molecule has 0 bridgehead atoms. The van der Waals surface area contributed by atoms with Crippen molar-refractivity contribution in [2.24, 2.45) is 0 Å². The topological polar surface area (TPSA) is 47.6 Å². The Balaban J connectivity index is 1.37. The van der Waals surface area contributed by atoms with Gasteiger partial charge in [-0.2, -0.15) is 11.3 Å². The highest BCUT2D eigenvalue weighted by Crippen LogP contribution is 2.44. The molecule has 8 heteroatoms. The SMILES string of the molecule is COc1cc(-c2sc(Cl)cc2NC(=O)OC(C)c2cscc2Cl)ccc1-c1ccc(C2CC2)cc1. The minimum atomic E-state index is -0.574. The number of rotatable bonds is 7. The zero-order valence-corrected chi connectivity index (χ0v) is 22.3. The van der Waals surface area contributed by atoms with Gasteiger partial charge in [0.25, 0.3) is 0 Å². The highest BCUT2D eigenvalue weighted by Gasteiger charge is 2.23. The summed E-state index contributed by atoms with van der Waals surface area (Å²) in [6.45, 7) is 1.79. The molecule has 0 spiro atoms. The molecule has 180 valence electrons. The van der Waals surface area contributed by atoms with E-state index >= 15 is 0 Å². The fraction of sp³-hybridized carbons (Fsp3) is 0.222. The molecule has 4 aromatic rings. The van der Waals surface area contributed by atoms with E-state index in [-0.39, 0.29) is 0 Å². The Bertz CT molecular complexity index is 1360. The second kappa shape index (κ2) is 10.2. The van der Waals surface area contributed by atoms with E-state index in [2.05, 4.69) is 29.6 Å². The second-order valence-corrected chi connectivity index (χ2v) is 11.3. The summed E-state index contributed by atoms with van der Waals surface area (Å²) in [5.41, 5.74) is 5.76. The summed E-state index contributed by atoms with van der Waals surface area (Å²) in [6, 6.07) is 16.5. The van der Waals surface area contributed by atoms with E-state index < -0.39 is 12.2 Å². The van der Waals surface area contributed by atoms with Crippen LogP contribution < -0.4 is 10.1 Å². The number of hydrogen-bond acceptors (Lipinski definition) is 5. The van der Waals surface area contributed by atoms with Gasteiger partial charge >= 0.3 is 6.09 Å². The van der Waals surface area contributed by atoms with Gasteiger partial charge < -0.3 is 9.47 Å². The summed E-state index contributed by atoms with van der Waals surface area (Å²) >= 11 is 15.3. The zero-order chi connectivity index (χ0) is 24.5. The molecule has 1 amide bonds. The lowest BCUT2D eigenvalue weighted by atomic mass is 9.99. The highest BCUT2D eigenvalue weighted by atomic mass is 35.5. The molecule has 1 atom stereocenters. The summed E-state index contributed by atoms with van der Waals surface area (Å²) in [7, 11) is 1.66. The lowest BCUT2D eigenvalue weighted by Crippen LogP contribution is -2.16. The van der Waals surface area contributed by atoms with Gasteiger partial charge in [-0.3, -0.25) is 5.32 Å². The van der Waals surface area contributed by atoms with Gasteiger partial charge in [0, 0.05) is 16.5 Å². The molecule has 2 aromatic carbocycles. The third-order valence-corrected chi connectivity index (χ3v) is 8.57. The molecule has 1 unspecified atom stereocenters. The average molecular weight is 545 g/mol. The van der Waals surface area contributed by atoms with E-state index in [1.54, 1.807) is 20.1 Å². The zero-order valence-electron chi connectivity index (χ0n) is 19.1. The van der Waals surface area contributed by atoms with Crippen molar-refractivity contribution in [2.45, 2.75) is 31.8 Å². The number of amides is 1. The van der Waals surface area contributed by atoms with Gasteiger partial charge in [-0.15, -0.1) is 11.3 Å². The van der Waals surface area contributed by atoms with E-state index in [0.717, 1.165) is 38.8 Å². The first-order valence-corrected chi connectivity index (χ1v) is 13.7. The molecule has 1 aliphatic carbocycles. The quantitative estimate of drug-likeness (QED) is 0.252. The van der Waals surface area contributed by atoms with Crippen molar-refractivity contribution >= 4 is 57.7 Å². The molecule has 0 saturated heterocycles.